The van der Waals surface area contributed by atoms with Gasteiger partial charge in [0.1, 0.15) is 0 Å². The number of rotatable bonds is 4. The zero-order valence-electron chi connectivity index (χ0n) is 13.5. The fourth-order valence-corrected chi connectivity index (χ4v) is 2.90. The third-order valence-corrected chi connectivity index (χ3v) is 4.42. The molecule has 1 aliphatic carbocycles. The lowest BCUT2D eigenvalue weighted by Gasteiger charge is -2.20. The molecular weight excluding hydrogens is 302 g/mol. The van der Waals surface area contributed by atoms with Crippen molar-refractivity contribution < 1.29 is 1.43 Å². The van der Waals surface area contributed by atoms with E-state index >= 15 is 0 Å². The Morgan fingerprint density at radius 1 is 1.33 bits per heavy atom. The number of aromatic amines is 1. The molecule has 2 aromatic heterocycles. The average Bonchev–Trinajstić information content (AvgIpc) is 3.40. The lowest BCUT2D eigenvalue weighted by Crippen LogP contribution is -2.29. The van der Waals surface area contributed by atoms with E-state index in [1.165, 1.54) is 18.5 Å². The van der Waals surface area contributed by atoms with Crippen LogP contribution in [0.25, 0.3) is 0 Å². The fourth-order valence-electron chi connectivity index (χ4n) is 2.90. The van der Waals surface area contributed by atoms with Crippen LogP contribution in [0.2, 0.25) is 0 Å². The highest BCUT2D eigenvalue weighted by atomic mass is 15.3. The third kappa shape index (κ3) is 3.19. The summed E-state index contributed by atoms with van der Waals surface area (Å²) >= 11 is 0. The molecule has 4 rings (SSSR count). The summed E-state index contributed by atoms with van der Waals surface area (Å²) in [7, 11) is 0. The van der Waals surface area contributed by atoms with Crippen molar-refractivity contribution in [1.29, 1.82) is 0 Å². The van der Waals surface area contributed by atoms with E-state index in [1.807, 2.05) is 6.07 Å². The molecule has 24 heavy (non-hydrogen) atoms. The van der Waals surface area contributed by atoms with E-state index < -0.39 is 0 Å². The van der Waals surface area contributed by atoms with Gasteiger partial charge in [0.25, 0.3) is 0 Å². The zero-order valence-corrected chi connectivity index (χ0v) is 13.5. The van der Waals surface area contributed by atoms with E-state index in [2.05, 4.69) is 41.6 Å². The van der Waals surface area contributed by atoms with Crippen molar-refractivity contribution in [1.82, 2.24) is 25.5 Å². The predicted molar refractivity (Wildman–Crippen MR) is 95.6 cm³/mol. The second-order valence-corrected chi connectivity index (χ2v) is 6.28. The maximum Gasteiger partial charge on any atom is 0.227 e. The van der Waals surface area contributed by atoms with E-state index in [9.17, 15) is 0 Å². The average molecular weight is 325 g/mol. The lowest BCUT2D eigenvalue weighted by molar-refractivity contribution is 0.724. The molecule has 1 aliphatic heterocycles. The minimum absolute atomic E-state index is 0. The first-order chi connectivity index (χ1) is 11.8. The Bertz CT molecular complexity index is 755. The van der Waals surface area contributed by atoms with E-state index in [0.29, 0.717) is 23.2 Å². The van der Waals surface area contributed by atoms with Crippen LogP contribution in [0, 0.1) is 12.3 Å². The maximum atomic E-state index is 5.60. The minimum Gasteiger partial charge on any atom is -0.339 e. The second kappa shape index (κ2) is 6.49. The SMILES string of the molecule is C#Cc1cnc(N2CCCNCC2)nc1Nc1cc(C2CC2)[nH]n1.[HH]. The molecule has 0 unspecified atom stereocenters. The van der Waals surface area contributed by atoms with Crippen LogP contribution in [0.4, 0.5) is 17.6 Å². The topological polar surface area (TPSA) is 81.8 Å². The summed E-state index contributed by atoms with van der Waals surface area (Å²) in [6, 6.07) is 2.04. The molecule has 0 bridgehead atoms. The molecule has 1 saturated heterocycles. The summed E-state index contributed by atoms with van der Waals surface area (Å²) in [5, 5.41) is 14.0. The van der Waals surface area contributed by atoms with Crippen LogP contribution < -0.4 is 15.5 Å². The number of hydrogen-bond acceptors (Lipinski definition) is 6. The minimum atomic E-state index is 0. The summed E-state index contributed by atoms with van der Waals surface area (Å²) in [4.78, 5) is 11.3. The first-order valence-corrected chi connectivity index (χ1v) is 8.45. The molecule has 7 nitrogen and oxygen atoms in total. The molecule has 0 spiro atoms. The number of nitrogens with one attached hydrogen (secondary N) is 3. The Balaban J connectivity index is 0.00000182. The predicted octanol–water partition coefficient (Wildman–Crippen LogP) is 1.85. The van der Waals surface area contributed by atoms with Gasteiger partial charge in [-0.05, 0) is 25.8 Å². The molecule has 3 heterocycles. The van der Waals surface area contributed by atoms with E-state index in [0.717, 1.165) is 38.4 Å². The molecule has 0 radical (unpaired) electrons. The zero-order chi connectivity index (χ0) is 16.4. The quantitative estimate of drug-likeness (QED) is 0.744. The Morgan fingerprint density at radius 3 is 3.08 bits per heavy atom. The number of nitrogens with zero attached hydrogens (tertiary/aromatic N) is 4. The van der Waals surface area contributed by atoms with Crippen LogP contribution in [-0.4, -0.2) is 46.3 Å². The largest absolute Gasteiger partial charge is 0.339 e. The van der Waals surface area contributed by atoms with Gasteiger partial charge in [-0.2, -0.15) is 10.1 Å². The summed E-state index contributed by atoms with van der Waals surface area (Å²) in [5.74, 6) is 5.36. The molecule has 2 aliphatic rings. The van der Waals surface area contributed by atoms with Crippen molar-refractivity contribution in [3.63, 3.8) is 0 Å². The summed E-state index contributed by atoms with van der Waals surface area (Å²) in [5.41, 5.74) is 1.82. The monoisotopic (exact) mass is 325 g/mol. The summed E-state index contributed by atoms with van der Waals surface area (Å²) in [6.45, 7) is 3.80. The van der Waals surface area contributed by atoms with Crippen LogP contribution in [-0.2, 0) is 0 Å². The number of hydrogen-bond donors (Lipinski definition) is 3. The van der Waals surface area contributed by atoms with Gasteiger partial charge in [0.15, 0.2) is 11.6 Å². The smallest absolute Gasteiger partial charge is 0.227 e. The third-order valence-electron chi connectivity index (χ3n) is 4.42. The first kappa shape index (κ1) is 15.0. The van der Waals surface area contributed by atoms with Crippen molar-refractivity contribution in [2.24, 2.45) is 0 Å². The lowest BCUT2D eigenvalue weighted by atomic mass is 10.3. The van der Waals surface area contributed by atoms with E-state index in [1.54, 1.807) is 6.20 Å². The Hall–Kier alpha value is -2.59. The normalized spacial score (nSPS) is 18.0. The highest BCUT2D eigenvalue weighted by Gasteiger charge is 2.25. The number of anilines is 3. The van der Waals surface area contributed by atoms with Crippen molar-refractivity contribution in [3.05, 3.63) is 23.5 Å². The van der Waals surface area contributed by atoms with Gasteiger partial charge < -0.3 is 15.5 Å². The maximum absolute atomic E-state index is 5.60. The van der Waals surface area contributed by atoms with E-state index in [4.69, 9.17) is 6.42 Å². The Kier molecular flexibility index (Phi) is 4.05. The van der Waals surface area contributed by atoms with Crippen LogP contribution >= 0.6 is 0 Å². The van der Waals surface area contributed by atoms with Gasteiger partial charge in [-0.1, -0.05) is 5.92 Å². The van der Waals surface area contributed by atoms with Crippen molar-refractivity contribution in [3.8, 4) is 12.3 Å². The number of H-pyrrole nitrogens is 1. The Labute approximate surface area is 142 Å². The van der Waals surface area contributed by atoms with Crippen LogP contribution in [0.1, 0.15) is 37.9 Å². The Morgan fingerprint density at radius 2 is 2.25 bits per heavy atom. The fraction of sp³-hybridized carbons (Fsp3) is 0.471. The van der Waals surface area contributed by atoms with Gasteiger partial charge in [-0.15, -0.1) is 6.42 Å². The molecule has 2 aromatic rings. The van der Waals surface area contributed by atoms with Crippen LogP contribution in [0.5, 0.6) is 0 Å². The van der Waals surface area contributed by atoms with Crippen molar-refractivity contribution >= 4 is 17.6 Å². The van der Waals surface area contributed by atoms with Crippen LogP contribution in [0.3, 0.4) is 0 Å². The van der Waals surface area contributed by atoms with Gasteiger partial charge in [-0.25, -0.2) is 4.98 Å². The molecule has 0 aromatic carbocycles. The van der Waals surface area contributed by atoms with Gasteiger partial charge in [-0.3, -0.25) is 5.10 Å². The van der Waals surface area contributed by atoms with Crippen molar-refractivity contribution in [2.45, 2.75) is 25.2 Å². The number of terminal acetylenes is 1. The number of aromatic nitrogens is 4. The van der Waals surface area contributed by atoms with Crippen LogP contribution in [0.15, 0.2) is 12.3 Å². The highest BCUT2D eigenvalue weighted by Crippen LogP contribution is 2.39. The van der Waals surface area contributed by atoms with Gasteiger partial charge in [0.05, 0.1) is 11.8 Å². The van der Waals surface area contributed by atoms with E-state index in [-0.39, 0.29) is 1.43 Å². The molecule has 7 heteroatoms. The van der Waals surface area contributed by atoms with Gasteiger partial charge in [0.2, 0.25) is 5.95 Å². The molecule has 126 valence electrons. The molecule has 1 saturated carbocycles. The molecular formula is C17H23N7. The van der Waals surface area contributed by atoms with Gasteiger partial charge >= 0.3 is 0 Å². The molecule has 3 N–H and O–H groups in total. The standard InChI is InChI=1S/C17H21N7.H2/c1-2-12-11-19-17(24-8-3-6-18-7-9-24)21-16(12)20-15-10-14(22-23-15)13-4-5-13;/h1,10-11,13,18H,3-9H2,(H2,19,20,21,22,23);1H. The molecule has 0 amide bonds. The molecule has 2 fully saturated rings. The molecule has 0 atom stereocenters. The van der Waals surface area contributed by atoms with Gasteiger partial charge in [0, 0.05) is 38.7 Å². The summed E-state index contributed by atoms with van der Waals surface area (Å²) in [6.07, 6.45) is 10.8. The summed E-state index contributed by atoms with van der Waals surface area (Å²) < 4.78 is 0. The highest BCUT2D eigenvalue weighted by molar-refractivity contribution is 5.62. The second-order valence-electron chi connectivity index (χ2n) is 6.28. The van der Waals surface area contributed by atoms with Crippen molar-refractivity contribution in [2.75, 3.05) is 36.4 Å². The first-order valence-electron chi connectivity index (χ1n) is 8.45.